The number of carbonyl (C=O) groups excluding carboxylic acids is 1. The number of pyridine rings is 1. The zero-order valence-electron chi connectivity index (χ0n) is 13.1. The van der Waals surface area contributed by atoms with Crippen molar-refractivity contribution in [1.82, 2.24) is 15.2 Å². The zero-order chi connectivity index (χ0) is 15.9. The standard InChI is InChI=1S/C18H21N3O2/c22-18(20-13-16-2-1-7-19-12-16)17-5-3-15(4-6-17)14-21-8-10-23-11-9-21/h1-7,12H,8-11,13-14H2,(H,20,22). The van der Waals surface area contributed by atoms with Gasteiger partial charge in [0.1, 0.15) is 0 Å². The first-order valence-corrected chi connectivity index (χ1v) is 7.87. The van der Waals surface area contributed by atoms with E-state index < -0.39 is 0 Å². The Hall–Kier alpha value is -2.24. The van der Waals surface area contributed by atoms with E-state index in [-0.39, 0.29) is 5.91 Å². The second kappa shape index (κ2) is 7.85. The van der Waals surface area contributed by atoms with E-state index in [4.69, 9.17) is 4.74 Å². The topological polar surface area (TPSA) is 54.5 Å². The fourth-order valence-electron chi connectivity index (χ4n) is 2.57. The number of hydrogen-bond acceptors (Lipinski definition) is 4. The normalized spacial score (nSPS) is 15.3. The van der Waals surface area contributed by atoms with Crippen LogP contribution in [0.2, 0.25) is 0 Å². The van der Waals surface area contributed by atoms with Crippen LogP contribution in [0.5, 0.6) is 0 Å². The van der Waals surface area contributed by atoms with Crippen molar-refractivity contribution in [2.75, 3.05) is 26.3 Å². The molecule has 1 fully saturated rings. The van der Waals surface area contributed by atoms with Crippen molar-refractivity contribution in [3.8, 4) is 0 Å². The number of hydrogen-bond donors (Lipinski definition) is 1. The first-order valence-electron chi connectivity index (χ1n) is 7.87. The first kappa shape index (κ1) is 15.6. The third-order valence-electron chi connectivity index (χ3n) is 3.90. The molecule has 2 aromatic rings. The van der Waals surface area contributed by atoms with E-state index in [1.807, 2.05) is 36.4 Å². The third-order valence-corrected chi connectivity index (χ3v) is 3.90. The number of rotatable bonds is 5. The van der Waals surface area contributed by atoms with E-state index in [9.17, 15) is 4.79 Å². The molecular weight excluding hydrogens is 290 g/mol. The molecule has 0 radical (unpaired) electrons. The maximum absolute atomic E-state index is 12.2. The van der Waals surface area contributed by atoms with Crippen molar-refractivity contribution in [2.45, 2.75) is 13.1 Å². The molecule has 1 saturated heterocycles. The molecule has 23 heavy (non-hydrogen) atoms. The quantitative estimate of drug-likeness (QED) is 0.915. The molecule has 0 unspecified atom stereocenters. The van der Waals surface area contributed by atoms with Crippen LogP contribution in [0.1, 0.15) is 21.5 Å². The maximum Gasteiger partial charge on any atom is 0.251 e. The van der Waals surface area contributed by atoms with Gasteiger partial charge < -0.3 is 10.1 Å². The van der Waals surface area contributed by atoms with Gasteiger partial charge in [-0.3, -0.25) is 14.7 Å². The van der Waals surface area contributed by atoms with E-state index in [0.29, 0.717) is 12.1 Å². The molecule has 1 N–H and O–H groups in total. The van der Waals surface area contributed by atoms with Crippen LogP contribution in [0.4, 0.5) is 0 Å². The summed E-state index contributed by atoms with van der Waals surface area (Å²) in [4.78, 5) is 18.6. The zero-order valence-corrected chi connectivity index (χ0v) is 13.1. The van der Waals surface area contributed by atoms with Crippen molar-refractivity contribution in [3.63, 3.8) is 0 Å². The van der Waals surface area contributed by atoms with Crippen molar-refractivity contribution >= 4 is 5.91 Å². The highest BCUT2D eigenvalue weighted by atomic mass is 16.5. The van der Waals surface area contributed by atoms with Gasteiger partial charge in [-0.2, -0.15) is 0 Å². The van der Waals surface area contributed by atoms with E-state index in [1.165, 1.54) is 5.56 Å². The summed E-state index contributed by atoms with van der Waals surface area (Å²) < 4.78 is 5.35. The van der Waals surface area contributed by atoms with Crippen LogP contribution >= 0.6 is 0 Å². The molecule has 3 rings (SSSR count). The van der Waals surface area contributed by atoms with Crippen LogP contribution in [-0.4, -0.2) is 42.1 Å². The highest BCUT2D eigenvalue weighted by Gasteiger charge is 2.11. The van der Waals surface area contributed by atoms with Gasteiger partial charge in [0.05, 0.1) is 13.2 Å². The number of nitrogens with one attached hydrogen (secondary N) is 1. The van der Waals surface area contributed by atoms with Crippen LogP contribution in [0.25, 0.3) is 0 Å². The summed E-state index contributed by atoms with van der Waals surface area (Å²) in [6, 6.07) is 11.6. The van der Waals surface area contributed by atoms with Crippen LogP contribution in [-0.2, 0) is 17.8 Å². The molecule has 1 aliphatic heterocycles. The second-order valence-electron chi connectivity index (χ2n) is 5.63. The van der Waals surface area contributed by atoms with Crippen LogP contribution in [0.3, 0.4) is 0 Å². The van der Waals surface area contributed by atoms with E-state index in [1.54, 1.807) is 12.4 Å². The van der Waals surface area contributed by atoms with Crippen molar-refractivity contribution in [2.24, 2.45) is 0 Å². The maximum atomic E-state index is 12.2. The molecule has 0 saturated carbocycles. The third kappa shape index (κ3) is 4.61. The number of morpholine rings is 1. The highest BCUT2D eigenvalue weighted by molar-refractivity contribution is 5.94. The Labute approximate surface area is 136 Å². The molecule has 0 bridgehead atoms. The van der Waals surface area contributed by atoms with Crippen molar-refractivity contribution < 1.29 is 9.53 Å². The van der Waals surface area contributed by atoms with Crippen LogP contribution < -0.4 is 5.32 Å². The SMILES string of the molecule is O=C(NCc1cccnc1)c1ccc(CN2CCOCC2)cc1. The highest BCUT2D eigenvalue weighted by Crippen LogP contribution is 2.09. The fraction of sp³-hybridized carbons (Fsp3) is 0.333. The largest absolute Gasteiger partial charge is 0.379 e. The van der Waals surface area contributed by atoms with Gasteiger partial charge in [-0.25, -0.2) is 0 Å². The summed E-state index contributed by atoms with van der Waals surface area (Å²) in [5.74, 6) is -0.0632. The summed E-state index contributed by atoms with van der Waals surface area (Å²) in [6.07, 6.45) is 3.48. The van der Waals surface area contributed by atoms with Crippen LogP contribution in [0.15, 0.2) is 48.8 Å². The van der Waals surface area contributed by atoms with Gasteiger partial charge in [0.2, 0.25) is 0 Å². The van der Waals surface area contributed by atoms with Crippen LogP contribution in [0, 0.1) is 0 Å². The Kier molecular flexibility index (Phi) is 5.34. The summed E-state index contributed by atoms with van der Waals surface area (Å²) in [5, 5.41) is 2.91. The van der Waals surface area contributed by atoms with Crippen molar-refractivity contribution in [3.05, 3.63) is 65.5 Å². The number of aromatic nitrogens is 1. The minimum atomic E-state index is -0.0632. The van der Waals surface area contributed by atoms with Gasteiger partial charge in [0, 0.05) is 44.1 Å². The fourth-order valence-corrected chi connectivity index (χ4v) is 2.57. The number of ether oxygens (including phenoxy) is 1. The molecule has 0 spiro atoms. The summed E-state index contributed by atoms with van der Waals surface area (Å²) >= 11 is 0. The molecule has 0 aliphatic carbocycles. The monoisotopic (exact) mass is 311 g/mol. The van der Waals surface area contributed by atoms with Gasteiger partial charge in [-0.1, -0.05) is 18.2 Å². The summed E-state index contributed by atoms with van der Waals surface area (Å²) in [5.41, 5.74) is 2.89. The molecule has 5 nitrogen and oxygen atoms in total. The lowest BCUT2D eigenvalue weighted by molar-refractivity contribution is 0.0342. The van der Waals surface area contributed by atoms with E-state index in [2.05, 4.69) is 15.2 Å². The second-order valence-corrected chi connectivity index (χ2v) is 5.63. The summed E-state index contributed by atoms with van der Waals surface area (Å²) in [7, 11) is 0. The predicted octanol–water partition coefficient (Wildman–Crippen LogP) is 1.84. The first-order chi connectivity index (χ1) is 11.3. The minimum absolute atomic E-state index is 0.0632. The van der Waals surface area contributed by atoms with Gasteiger partial charge in [0.15, 0.2) is 0 Å². The number of carbonyl (C=O) groups is 1. The Morgan fingerprint density at radius 1 is 1.13 bits per heavy atom. The van der Waals surface area contributed by atoms with Gasteiger partial charge in [-0.15, -0.1) is 0 Å². The molecule has 2 heterocycles. The van der Waals surface area contributed by atoms with Gasteiger partial charge >= 0.3 is 0 Å². The Balaban J connectivity index is 1.52. The molecule has 120 valence electrons. The van der Waals surface area contributed by atoms with E-state index >= 15 is 0 Å². The smallest absolute Gasteiger partial charge is 0.251 e. The lowest BCUT2D eigenvalue weighted by atomic mass is 10.1. The van der Waals surface area contributed by atoms with Gasteiger partial charge in [-0.05, 0) is 29.3 Å². The Bertz CT molecular complexity index is 622. The number of amides is 1. The molecule has 1 aromatic carbocycles. The average molecular weight is 311 g/mol. The number of benzene rings is 1. The lowest BCUT2D eigenvalue weighted by Crippen LogP contribution is -2.35. The number of nitrogens with zero attached hydrogens (tertiary/aromatic N) is 2. The Morgan fingerprint density at radius 2 is 1.91 bits per heavy atom. The molecule has 1 amide bonds. The molecule has 5 heteroatoms. The summed E-state index contributed by atoms with van der Waals surface area (Å²) in [6.45, 7) is 4.92. The molecule has 1 aromatic heterocycles. The molecular formula is C18H21N3O2. The minimum Gasteiger partial charge on any atom is -0.379 e. The van der Waals surface area contributed by atoms with Crippen molar-refractivity contribution in [1.29, 1.82) is 0 Å². The van der Waals surface area contributed by atoms with Gasteiger partial charge in [0.25, 0.3) is 5.91 Å². The Morgan fingerprint density at radius 3 is 2.61 bits per heavy atom. The lowest BCUT2D eigenvalue weighted by Gasteiger charge is -2.26. The molecule has 0 atom stereocenters. The average Bonchev–Trinajstić information content (AvgIpc) is 2.62. The van der Waals surface area contributed by atoms with E-state index in [0.717, 1.165) is 38.4 Å². The molecule has 1 aliphatic rings. The predicted molar refractivity (Wildman–Crippen MR) is 87.9 cm³/mol.